The average molecular weight is 191 g/mol. The van der Waals surface area contributed by atoms with Crippen LogP contribution in [0.4, 0.5) is 0 Å². The number of aryl methyl sites for hydroxylation is 2. The zero-order valence-corrected chi connectivity index (χ0v) is 7.85. The van der Waals surface area contributed by atoms with Gasteiger partial charge in [-0.3, -0.25) is 4.40 Å². The maximum absolute atomic E-state index is 10.8. The molecule has 5 heteroatoms. The molecule has 2 aromatic rings. The molecule has 0 saturated carbocycles. The van der Waals surface area contributed by atoms with Crippen LogP contribution in [-0.4, -0.2) is 25.7 Å². The van der Waals surface area contributed by atoms with Gasteiger partial charge >= 0.3 is 5.97 Å². The van der Waals surface area contributed by atoms with Gasteiger partial charge in [-0.05, 0) is 31.5 Å². The van der Waals surface area contributed by atoms with Gasteiger partial charge in [0.1, 0.15) is 0 Å². The molecule has 2 rings (SSSR count). The third kappa shape index (κ3) is 1.14. The Kier molecular flexibility index (Phi) is 1.73. The standard InChI is InChI=1S/C9H9N3O2/c1-5-3-6(2)12-7(4-5)10-11-8(12)9(13)14/h3-4H,1-2H3,(H,13,14). The molecule has 0 amide bonds. The lowest BCUT2D eigenvalue weighted by molar-refractivity contribution is 0.0682. The Bertz CT molecular complexity index is 516. The van der Waals surface area contributed by atoms with Crippen molar-refractivity contribution >= 4 is 11.6 Å². The molecule has 0 aromatic carbocycles. The van der Waals surface area contributed by atoms with Crippen LogP contribution in [0.1, 0.15) is 21.9 Å². The van der Waals surface area contributed by atoms with Crippen molar-refractivity contribution in [2.75, 3.05) is 0 Å². The van der Waals surface area contributed by atoms with Crippen molar-refractivity contribution in [2.45, 2.75) is 13.8 Å². The van der Waals surface area contributed by atoms with Gasteiger partial charge in [0.15, 0.2) is 5.65 Å². The Morgan fingerprint density at radius 2 is 2.07 bits per heavy atom. The minimum Gasteiger partial charge on any atom is -0.475 e. The van der Waals surface area contributed by atoms with Crippen LogP contribution in [0.3, 0.4) is 0 Å². The van der Waals surface area contributed by atoms with Gasteiger partial charge in [-0.2, -0.15) is 0 Å². The summed E-state index contributed by atoms with van der Waals surface area (Å²) in [5, 5.41) is 16.2. The second-order valence-corrected chi connectivity index (χ2v) is 3.20. The summed E-state index contributed by atoms with van der Waals surface area (Å²) in [5.74, 6) is -1.11. The highest BCUT2D eigenvalue weighted by molar-refractivity contribution is 5.84. The summed E-state index contributed by atoms with van der Waals surface area (Å²) in [6.45, 7) is 3.76. The van der Waals surface area contributed by atoms with Crippen LogP contribution in [-0.2, 0) is 0 Å². The minimum absolute atomic E-state index is 0.0440. The Balaban J connectivity index is 2.85. The van der Waals surface area contributed by atoms with Crippen molar-refractivity contribution in [1.29, 1.82) is 0 Å². The van der Waals surface area contributed by atoms with E-state index in [1.54, 1.807) is 6.07 Å². The van der Waals surface area contributed by atoms with Gasteiger partial charge in [0.25, 0.3) is 0 Å². The predicted octanol–water partition coefficient (Wildman–Crippen LogP) is 1.04. The number of rotatable bonds is 1. The number of hydrogen-bond acceptors (Lipinski definition) is 3. The van der Waals surface area contributed by atoms with Crippen LogP contribution in [0.5, 0.6) is 0 Å². The SMILES string of the molecule is Cc1cc(C)n2c(C(=O)O)nnc2c1. The summed E-state index contributed by atoms with van der Waals surface area (Å²) >= 11 is 0. The summed E-state index contributed by atoms with van der Waals surface area (Å²) in [4.78, 5) is 10.8. The molecular weight excluding hydrogens is 182 g/mol. The van der Waals surface area contributed by atoms with E-state index in [1.165, 1.54) is 4.40 Å². The Morgan fingerprint density at radius 1 is 1.36 bits per heavy atom. The predicted molar refractivity (Wildman–Crippen MR) is 49.4 cm³/mol. The molecule has 0 fully saturated rings. The smallest absolute Gasteiger partial charge is 0.374 e. The monoisotopic (exact) mass is 191 g/mol. The summed E-state index contributed by atoms with van der Waals surface area (Å²) < 4.78 is 1.52. The van der Waals surface area contributed by atoms with Crippen LogP contribution >= 0.6 is 0 Å². The van der Waals surface area contributed by atoms with E-state index in [2.05, 4.69) is 10.2 Å². The van der Waals surface area contributed by atoms with Crippen molar-refractivity contribution in [3.63, 3.8) is 0 Å². The highest BCUT2D eigenvalue weighted by Crippen LogP contribution is 2.10. The van der Waals surface area contributed by atoms with E-state index < -0.39 is 5.97 Å². The van der Waals surface area contributed by atoms with E-state index in [9.17, 15) is 4.79 Å². The van der Waals surface area contributed by atoms with Crippen molar-refractivity contribution in [2.24, 2.45) is 0 Å². The van der Waals surface area contributed by atoms with Gasteiger partial charge < -0.3 is 5.11 Å². The first-order chi connectivity index (χ1) is 6.59. The zero-order valence-electron chi connectivity index (χ0n) is 7.85. The lowest BCUT2D eigenvalue weighted by atomic mass is 10.2. The van der Waals surface area contributed by atoms with Gasteiger partial charge in [0.05, 0.1) is 0 Å². The number of fused-ring (bicyclic) bond motifs is 1. The van der Waals surface area contributed by atoms with Gasteiger partial charge in [0, 0.05) is 5.69 Å². The Hall–Kier alpha value is -1.91. The quantitative estimate of drug-likeness (QED) is 0.731. The molecule has 0 bridgehead atoms. The molecule has 5 nitrogen and oxygen atoms in total. The fraction of sp³-hybridized carbons (Fsp3) is 0.222. The Labute approximate surface area is 80.0 Å². The maximum atomic E-state index is 10.8. The molecule has 0 radical (unpaired) electrons. The molecule has 14 heavy (non-hydrogen) atoms. The first-order valence-electron chi connectivity index (χ1n) is 4.15. The average Bonchev–Trinajstić information content (AvgIpc) is 2.47. The number of aromatic nitrogens is 3. The zero-order chi connectivity index (χ0) is 10.3. The summed E-state index contributed by atoms with van der Waals surface area (Å²) in [6.07, 6.45) is 0. The van der Waals surface area contributed by atoms with Gasteiger partial charge in [-0.15, -0.1) is 10.2 Å². The molecule has 2 heterocycles. The van der Waals surface area contributed by atoms with Gasteiger partial charge in [-0.25, -0.2) is 4.79 Å². The van der Waals surface area contributed by atoms with E-state index in [0.717, 1.165) is 11.3 Å². The molecule has 0 aliphatic carbocycles. The minimum atomic E-state index is -1.07. The molecule has 72 valence electrons. The molecule has 0 unspecified atom stereocenters. The summed E-state index contributed by atoms with van der Waals surface area (Å²) in [5.41, 5.74) is 2.43. The number of pyridine rings is 1. The highest BCUT2D eigenvalue weighted by atomic mass is 16.4. The summed E-state index contributed by atoms with van der Waals surface area (Å²) in [7, 11) is 0. The topological polar surface area (TPSA) is 67.5 Å². The van der Waals surface area contributed by atoms with Crippen LogP contribution < -0.4 is 0 Å². The maximum Gasteiger partial charge on any atom is 0.374 e. The van der Waals surface area contributed by atoms with Crippen molar-refractivity contribution in [1.82, 2.24) is 14.6 Å². The van der Waals surface area contributed by atoms with Crippen LogP contribution in [0.15, 0.2) is 12.1 Å². The Morgan fingerprint density at radius 3 is 2.71 bits per heavy atom. The normalized spacial score (nSPS) is 10.7. The first kappa shape index (κ1) is 8.68. The van der Waals surface area contributed by atoms with E-state index in [-0.39, 0.29) is 5.82 Å². The fourth-order valence-electron chi connectivity index (χ4n) is 1.52. The molecule has 1 N–H and O–H groups in total. The summed E-state index contributed by atoms with van der Waals surface area (Å²) in [6, 6.07) is 3.69. The van der Waals surface area contributed by atoms with E-state index in [1.807, 2.05) is 19.9 Å². The van der Waals surface area contributed by atoms with Crippen molar-refractivity contribution in [3.05, 3.63) is 29.2 Å². The molecule has 0 aliphatic heterocycles. The number of nitrogens with zero attached hydrogens (tertiary/aromatic N) is 3. The highest BCUT2D eigenvalue weighted by Gasteiger charge is 2.13. The molecule has 0 spiro atoms. The van der Waals surface area contributed by atoms with E-state index >= 15 is 0 Å². The number of carboxylic acid groups (broad SMARTS) is 1. The van der Waals surface area contributed by atoms with Crippen molar-refractivity contribution < 1.29 is 9.90 Å². The lowest BCUT2D eigenvalue weighted by Crippen LogP contribution is -2.05. The van der Waals surface area contributed by atoms with E-state index in [4.69, 9.17) is 5.11 Å². The fourth-order valence-corrected chi connectivity index (χ4v) is 1.52. The number of carbonyl (C=O) groups is 1. The molecule has 0 aliphatic rings. The van der Waals surface area contributed by atoms with Gasteiger partial charge in [0.2, 0.25) is 5.82 Å². The second kappa shape index (κ2) is 2.80. The molecule has 2 aromatic heterocycles. The number of hydrogen-bond donors (Lipinski definition) is 1. The third-order valence-corrected chi connectivity index (χ3v) is 2.03. The molecular formula is C9H9N3O2. The van der Waals surface area contributed by atoms with E-state index in [0.29, 0.717) is 5.65 Å². The molecule has 0 saturated heterocycles. The van der Waals surface area contributed by atoms with Gasteiger partial charge in [-0.1, -0.05) is 0 Å². The lowest BCUT2D eigenvalue weighted by Gasteiger charge is -2.01. The first-order valence-corrected chi connectivity index (χ1v) is 4.15. The third-order valence-electron chi connectivity index (χ3n) is 2.03. The second-order valence-electron chi connectivity index (χ2n) is 3.20. The van der Waals surface area contributed by atoms with Crippen molar-refractivity contribution in [3.8, 4) is 0 Å². The number of aromatic carboxylic acids is 1. The van der Waals surface area contributed by atoms with Crippen LogP contribution in [0.2, 0.25) is 0 Å². The van der Waals surface area contributed by atoms with Crippen LogP contribution in [0, 0.1) is 13.8 Å². The molecule has 0 atom stereocenters. The van der Waals surface area contributed by atoms with Crippen LogP contribution in [0.25, 0.3) is 5.65 Å². The number of carboxylic acids is 1. The largest absolute Gasteiger partial charge is 0.475 e.